The van der Waals surface area contributed by atoms with E-state index in [-0.39, 0.29) is 12.4 Å². The Labute approximate surface area is 74.0 Å². The van der Waals surface area contributed by atoms with Gasteiger partial charge in [0.25, 0.3) is 0 Å². The first kappa shape index (κ1) is 10.5. The first-order valence-corrected chi connectivity index (χ1v) is 3.60. The van der Waals surface area contributed by atoms with Crippen LogP contribution >= 0.6 is 0 Å². The third kappa shape index (κ3) is 2.91. The Morgan fingerprint density at radius 1 is 1.18 bits per heavy atom. The molecule has 0 amide bonds. The number of rotatable bonds is 1. The van der Waals surface area contributed by atoms with E-state index < -0.39 is 0 Å². The maximum atomic E-state index is 3.94. The Hall–Kier alpha value is -0.530. The van der Waals surface area contributed by atoms with Crippen LogP contribution in [-0.4, -0.2) is 0 Å². The fourth-order valence-electron chi connectivity index (χ4n) is 0.895. The molecule has 11 heavy (non-hydrogen) atoms. The lowest BCUT2D eigenvalue weighted by atomic mass is 10.1. The molecule has 0 fully saturated rings. The first-order chi connectivity index (χ1) is 4.70. The standard InChI is InChI=1S/C9H13N.ClH/c1-7-3-5-9(6-4-7)8(2)10;/h3-6,8H,10H2,1-2H3;1H/t8-;/m0./s1. The summed E-state index contributed by atoms with van der Waals surface area (Å²) >= 11 is 0. The highest BCUT2D eigenvalue weighted by atomic mass is 35.5. The maximum Gasteiger partial charge on any atom is 0.107 e. The molecule has 0 unspecified atom stereocenters. The van der Waals surface area contributed by atoms with E-state index in [1.807, 2.05) is 0 Å². The van der Waals surface area contributed by atoms with Crippen molar-refractivity contribution in [3.8, 4) is 0 Å². The van der Waals surface area contributed by atoms with Gasteiger partial charge < -0.3 is 18.1 Å². The number of halogens is 1. The van der Waals surface area contributed by atoms with E-state index in [0.717, 1.165) is 0 Å². The van der Waals surface area contributed by atoms with Crippen LogP contribution in [0.25, 0.3) is 0 Å². The highest BCUT2D eigenvalue weighted by Crippen LogP contribution is 2.07. The Kier molecular flexibility index (Phi) is 4.16. The zero-order valence-electron chi connectivity index (χ0n) is 6.97. The first-order valence-electron chi connectivity index (χ1n) is 3.60. The van der Waals surface area contributed by atoms with Gasteiger partial charge in [-0.3, -0.25) is 0 Å². The van der Waals surface area contributed by atoms with Crippen LogP contribution in [0.5, 0.6) is 0 Å². The van der Waals surface area contributed by atoms with E-state index in [9.17, 15) is 0 Å². The molecule has 0 saturated carbocycles. The second-order valence-corrected chi connectivity index (χ2v) is 2.81. The van der Waals surface area contributed by atoms with Crippen LogP contribution in [0.4, 0.5) is 0 Å². The molecule has 1 nitrogen and oxygen atoms in total. The summed E-state index contributed by atoms with van der Waals surface area (Å²) in [6, 6.07) is 8.91. The molecular weight excluding hydrogens is 158 g/mol. The molecule has 0 aliphatic carbocycles. The molecular formula is C9H14ClN. The molecule has 0 saturated heterocycles. The molecule has 1 aromatic carbocycles. The van der Waals surface area contributed by atoms with Crippen molar-refractivity contribution >= 4 is 0 Å². The van der Waals surface area contributed by atoms with Crippen molar-refractivity contribution in [3.63, 3.8) is 0 Å². The van der Waals surface area contributed by atoms with Gasteiger partial charge in [0.05, 0.1) is 0 Å². The fraction of sp³-hybridized carbons (Fsp3) is 0.333. The summed E-state index contributed by atoms with van der Waals surface area (Å²) in [6.45, 7) is 4.20. The molecule has 0 radical (unpaired) electrons. The van der Waals surface area contributed by atoms with Crippen LogP contribution in [0.3, 0.4) is 0 Å². The van der Waals surface area contributed by atoms with Gasteiger partial charge in [0, 0.05) is 5.56 Å². The molecule has 0 heterocycles. The third-order valence-corrected chi connectivity index (χ3v) is 1.65. The molecule has 0 aliphatic rings. The van der Waals surface area contributed by atoms with Crippen LogP contribution in [0.1, 0.15) is 24.1 Å². The van der Waals surface area contributed by atoms with Crippen molar-refractivity contribution < 1.29 is 18.1 Å². The molecule has 0 aliphatic heterocycles. The highest BCUT2D eigenvalue weighted by Gasteiger charge is 1.99. The second-order valence-electron chi connectivity index (χ2n) is 2.81. The smallest absolute Gasteiger partial charge is 0.107 e. The number of aryl methyl sites for hydroxylation is 1. The van der Waals surface area contributed by atoms with Crippen LogP contribution in [0, 0.1) is 6.92 Å². The molecule has 1 atom stereocenters. The average molecular weight is 172 g/mol. The fourth-order valence-corrected chi connectivity index (χ4v) is 0.895. The number of hydrogen-bond donors (Lipinski definition) is 1. The van der Waals surface area contributed by atoms with Gasteiger partial charge in [-0.25, -0.2) is 0 Å². The van der Waals surface area contributed by atoms with E-state index in [0.29, 0.717) is 6.04 Å². The van der Waals surface area contributed by atoms with Gasteiger partial charge in [0.2, 0.25) is 0 Å². The van der Waals surface area contributed by atoms with Gasteiger partial charge in [0.1, 0.15) is 6.04 Å². The summed E-state index contributed by atoms with van der Waals surface area (Å²) in [5, 5.41) is 0. The van der Waals surface area contributed by atoms with E-state index in [4.69, 9.17) is 0 Å². The van der Waals surface area contributed by atoms with Crippen molar-refractivity contribution in [2.45, 2.75) is 19.9 Å². The van der Waals surface area contributed by atoms with Gasteiger partial charge >= 0.3 is 0 Å². The largest absolute Gasteiger partial charge is 1.00 e. The Morgan fingerprint density at radius 2 is 1.64 bits per heavy atom. The van der Waals surface area contributed by atoms with E-state index in [1.165, 1.54) is 11.1 Å². The van der Waals surface area contributed by atoms with Crippen molar-refractivity contribution in [1.29, 1.82) is 0 Å². The summed E-state index contributed by atoms with van der Waals surface area (Å²) in [5.74, 6) is 0. The van der Waals surface area contributed by atoms with Crippen molar-refractivity contribution in [3.05, 3.63) is 35.4 Å². The maximum absolute atomic E-state index is 3.94. The lowest BCUT2D eigenvalue weighted by Crippen LogP contribution is -3.00. The topological polar surface area (TPSA) is 27.6 Å². The predicted octanol–water partition coefficient (Wildman–Crippen LogP) is -1.70. The van der Waals surface area contributed by atoms with Crippen molar-refractivity contribution in [1.82, 2.24) is 0 Å². The Balaban J connectivity index is 0.000001000. The highest BCUT2D eigenvalue weighted by molar-refractivity contribution is 5.22. The minimum absolute atomic E-state index is 0. The minimum Gasteiger partial charge on any atom is -1.00 e. The molecule has 3 N–H and O–H groups in total. The van der Waals surface area contributed by atoms with Gasteiger partial charge in [-0.05, 0) is 13.8 Å². The lowest BCUT2D eigenvalue weighted by molar-refractivity contribution is -0.420. The van der Waals surface area contributed by atoms with Gasteiger partial charge in [-0.2, -0.15) is 0 Å². The lowest BCUT2D eigenvalue weighted by Gasteiger charge is -2.00. The summed E-state index contributed by atoms with van der Waals surface area (Å²) in [6.07, 6.45) is 0. The number of quaternary nitrogens is 1. The molecule has 62 valence electrons. The van der Waals surface area contributed by atoms with E-state index in [1.54, 1.807) is 0 Å². The number of benzene rings is 1. The van der Waals surface area contributed by atoms with Crippen LogP contribution < -0.4 is 18.1 Å². The van der Waals surface area contributed by atoms with E-state index in [2.05, 4.69) is 43.8 Å². The van der Waals surface area contributed by atoms with Crippen molar-refractivity contribution in [2.75, 3.05) is 0 Å². The summed E-state index contributed by atoms with van der Waals surface area (Å²) in [4.78, 5) is 0. The molecule has 0 spiro atoms. The van der Waals surface area contributed by atoms with Crippen LogP contribution in [0.2, 0.25) is 0 Å². The van der Waals surface area contributed by atoms with Gasteiger partial charge in [0.15, 0.2) is 0 Å². The summed E-state index contributed by atoms with van der Waals surface area (Å²) in [5.41, 5.74) is 6.56. The monoisotopic (exact) mass is 171 g/mol. The zero-order valence-corrected chi connectivity index (χ0v) is 7.73. The molecule has 2 heteroatoms. The predicted molar refractivity (Wildman–Crippen MR) is 42.5 cm³/mol. The average Bonchev–Trinajstić information content (AvgIpc) is 1.88. The van der Waals surface area contributed by atoms with Crippen molar-refractivity contribution in [2.24, 2.45) is 0 Å². The molecule has 0 aromatic heterocycles. The number of hydrogen-bond acceptors (Lipinski definition) is 0. The molecule has 1 rings (SSSR count). The Bertz CT molecular complexity index is 203. The SMILES string of the molecule is Cc1ccc([C@H](C)[NH3+])cc1.[Cl-]. The summed E-state index contributed by atoms with van der Waals surface area (Å²) < 4.78 is 0. The van der Waals surface area contributed by atoms with Crippen LogP contribution in [-0.2, 0) is 0 Å². The normalized spacial score (nSPS) is 11.9. The Morgan fingerprint density at radius 3 is 2.00 bits per heavy atom. The quantitative estimate of drug-likeness (QED) is 0.522. The minimum atomic E-state index is 0. The molecule has 0 bridgehead atoms. The second kappa shape index (κ2) is 4.37. The van der Waals surface area contributed by atoms with Gasteiger partial charge in [-0.15, -0.1) is 0 Å². The third-order valence-electron chi connectivity index (χ3n) is 1.65. The van der Waals surface area contributed by atoms with Gasteiger partial charge in [-0.1, -0.05) is 29.8 Å². The summed E-state index contributed by atoms with van der Waals surface area (Å²) in [7, 11) is 0. The molecule has 1 aromatic rings. The van der Waals surface area contributed by atoms with Crippen LogP contribution in [0.15, 0.2) is 24.3 Å². The zero-order chi connectivity index (χ0) is 7.56. The van der Waals surface area contributed by atoms with E-state index >= 15 is 0 Å².